The molecule has 3 rings (SSSR count). The maximum Gasteiger partial charge on any atom is 0.323 e. The molecule has 3 N–H and O–H groups in total. The van der Waals surface area contributed by atoms with Gasteiger partial charge < -0.3 is 24.5 Å². The van der Waals surface area contributed by atoms with Gasteiger partial charge in [0.1, 0.15) is 23.1 Å². The third-order valence-corrected chi connectivity index (χ3v) is 5.10. The number of esters is 1. The molecule has 0 amide bonds. The predicted molar refractivity (Wildman–Crippen MR) is 113 cm³/mol. The molecule has 1 aromatic heterocycles. The number of nitrogens with one attached hydrogen (secondary N) is 1. The molecule has 29 heavy (non-hydrogen) atoms. The van der Waals surface area contributed by atoms with E-state index >= 15 is 0 Å². The number of benzene rings is 2. The van der Waals surface area contributed by atoms with E-state index in [1.807, 2.05) is 36.2 Å². The summed E-state index contributed by atoms with van der Waals surface area (Å²) < 4.78 is 16.3. The van der Waals surface area contributed by atoms with Gasteiger partial charge in [0, 0.05) is 7.05 Å². The first-order chi connectivity index (χ1) is 14.0. The predicted octanol–water partition coefficient (Wildman–Crippen LogP) is 3.18. The Hall–Kier alpha value is -3.20. The molecule has 9 heteroatoms. The van der Waals surface area contributed by atoms with Crippen molar-refractivity contribution < 1.29 is 18.7 Å². The third-order valence-electron chi connectivity index (χ3n) is 4.15. The van der Waals surface area contributed by atoms with Crippen LogP contribution in [0.3, 0.4) is 0 Å². The number of carbonyl (C=O) groups excluding carboxylic acids is 1. The van der Waals surface area contributed by atoms with Gasteiger partial charge in [-0.1, -0.05) is 36.0 Å². The zero-order valence-electron chi connectivity index (χ0n) is 16.1. The van der Waals surface area contributed by atoms with Crippen LogP contribution in [0, 0.1) is 5.41 Å². The Morgan fingerprint density at radius 3 is 2.66 bits per heavy atom. The minimum Gasteiger partial charge on any atom is -0.492 e. The number of oxazole rings is 1. The van der Waals surface area contributed by atoms with Gasteiger partial charge in [-0.3, -0.25) is 10.2 Å². The average molecular weight is 414 g/mol. The highest BCUT2D eigenvalue weighted by Crippen LogP contribution is 2.31. The molecule has 0 spiro atoms. The summed E-state index contributed by atoms with van der Waals surface area (Å²) in [6.07, 6.45) is 0. The highest BCUT2D eigenvalue weighted by atomic mass is 32.2. The molecule has 1 unspecified atom stereocenters. The maximum atomic E-state index is 11.9. The molecular weight excluding hydrogens is 392 g/mol. The molecule has 3 aromatic rings. The van der Waals surface area contributed by atoms with Gasteiger partial charge in [0.05, 0.1) is 13.7 Å². The first-order valence-corrected chi connectivity index (χ1v) is 9.74. The van der Waals surface area contributed by atoms with E-state index < -0.39 is 11.2 Å². The first kappa shape index (κ1) is 20.5. The molecule has 0 aliphatic rings. The zero-order valence-corrected chi connectivity index (χ0v) is 16.9. The fourth-order valence-electron chi connectivity index (χ4n) is 2.64. The largest absolute Gasteiger partial charge is 0.492 e. The van der Waals surface area contributed by atoms with Crippen molar-refractivity contribution in [2.45, 2.75) is 5.25 Å². The van der Waals surface area contributed by atoms with Gasteiger partial charge in [-0.25, -0.2) is 0 Å². The molecular formula is C20H22N4O4S. The molecule has 0 saturated carbocycles. The lowest BCUT2D eigenvalue weighted by Gasteiger charge is -2.16. The number of hydrogen-bond donors (Lipinski definition) is 2. The number of thioether (sulfide) groups is 1. The van der Waals surface area contributed by atoms with Crippen molar-refractivity contribution in [1.29, 1.82) is 5.41 Å². The van der Waals surface area contributed by atoms with Crippen LogP contribution in [0.5, 0.6) is 5.75 Å². The summed E-state index contributed by atoms with van der Waals surface area (Å²) in [7, 11) is 3.19. The topological polar surface area (TPSA) is 115 Å². The number of para-hydroxylation sites is 2. The molecule has 8 nitrogen and oxygen atoms in total. The number of nitrogens with two attached hydrogens (primary N) is 1. The molecule has 0 radical (unpaired) electrons. The minimum atomic E-state index is -0.683. The molecule has 0 aliphatic carbocycles. The number of aromatic nitrogens is 1. The lowest BCUT2D eigenvalue weighted by Crippen LogP contribution is -2.24. The minimum absolute atomic E-state index is 0.150. The number of anilines is 1. The summed E-state index contributed by atoms with van der Waals surface area (Å²) in [5.41, 5.74) is 7.66. The van der Waals surface area contributed by atoms with Gasteiger partial charge in [0.15, 0.2) is 10.8 Å². The van der Waals surface area contributed by atoms with E-state index in [-0.39, 0.29) is 5.17 Å². The average Bonchev–Trinajstić information content (AvgIpc) is 3.16. The second kappa shape index (κ2) is 9.33. The van der Waals surface area contributed by atoms with Gasteiger partial charge in [0.2, 0.25) is 0 Å². The number of rotatable bonds is 8. The van der Waals surface area contributed by atoms with Crippen LogP contribution >= 0.6 is 11.8 Å². The van der Waals surface area contributed by atoms with E-state index in [4.69, 9.17) is 25.0 Å². The molecule has 0 saturated heterocycles. The van der Waals surface area contributed by atoms with Crippen molar-refractivity contribution >= 4 is 40.0 Å². The van der Waals surface area contributed by atoms with Gasteiger partial charge in [-0.05, 0) is 29.8 Å². The van der Waals surface area contributed by atoms with Crippen LogP contribution in [-0.4, -0.2) is 43.4 Å². The molecule has 2 aromatic carbocycles. The Morgan fingerprint density at radius 1 is 1.28 bits per heavy atom. The smallest absolute Gasteiger partial charge is 0.323 e. The molecule has 0 fully saturated rings. The van der Waals surface area contributed by atoms with Crippen LogP contribution in [0.25, 0.3) is 11.1 Å². The van der Waals surface area contributed by atoms with Gasteiger partial charge >= 0.3 is 5.97 Å². The van der Waals surface area contributed by atoms with E-state index in [9.17, 15) is 4.79 Å². The Labute approximate surface area is 172 Å². The van der Waals surface area contributed by atoms with E-state index in [0.29, 0.717) is 30.5 Å². The summed E-state index contributed by atoms with van der Waals surface area (Å²) >= 11 is 0.934. The van der Waals surface area contributed by atoms with Crippen molar-refractivity contribution in [3.05, 3.63) is 54.1 Å². The maximum absolute atomic E-state index is 11.9. The van der Waals surface area contributed by atoms with Crippen LogP contribution in [0.15, 0.2) is 52.9 Å². The molecule has 0 aliphatic heterocycles. The Bertz CT molecular complexity index is 957. The van der Waals surface area contributed by atoms with Gasteiger partial charge in [-0.15, -0.1) is 0 Å². The van der Waals surface area contributed by atoms with Crippen LogP contribution in [0.2, 0.25) is 0 Å². The van der Waals surface area contributed by atoms with Crippen molar-refractivity contribution in [3.63, 3.8) is 0 Å². The molecule has 0 bridgehead atoms. The summed E-state index contributed by atoms with van der Waals surface area (Å²) in [6, 6.07) is 15.2. The lowest BCUT2D eigenvalue weighted by molar-refractivity contribution is -0.140. The number of ether oxygens (including phenoxy) is 2. The summed E-state index contributed by atoms with van der Waals surface area (Å²) in [5, 5.41) is 6.58. The number of carbonyl (C=O) groups is 1. The highest BCUT2D eigenvalue weighted by molar-refractivity contribution is 8.14. The fourth-order valence-corrected chi connectivity index (χ4v) is 3.38. The Kier molecular flexibility index (Phi) is 6.61. The second-order valence-electron chi connectivity index (χ2n) is 6.19. The van der Waals surface area contributed by atoms with Gasteiger partial charge in [0.25, 0.3) is 6.01 Å². The zero-order chi connectivity index (χ0) is 20.8. The van der Waals surface area contributed by atoms with Crippen LogP contribution in [0.4, 0.5) is 6.01 Å². The highest BCUT2D eigenvalue weighted by Gasteiger charge is 2.23. The number of fused-ring (bicyclic) bond motifs is 1. The quantitative estimate of drug-likeness (QED) is 0.328. The SMILES string of the molecule is COC(=O)C(SC(=N)N)c1ccc(OCCN(C)c2nc3ccccc3o2)cc1. The van der Waals surface area contributed by atoms with Crippen LogP contribution in [0.1, 0.15) is 10.8 Å². The monoisotopic (exact) mass is 414 g/mol. The standard InChI is InChI=1S/C20H22N4O4S/c1-24(20-23-15-5-3-4-6-16(15)28-20)11-12-27-14-9-7-13(8-10-14)17(18(25)26-2)29-19(21)22/h3-10,17H,11-12H2,1-2H3,(H3,21,22). The van der Waals surface area contributed by atoms with Crippen LogP contribution in [-0.2, 0) is 9.53 Å². The van der Waals surface area contributed by atoms with Crippen molar-refractivity contribution in [1.82, 2.24) is 4.98 Å². The second-order valence-corrected chi connectivity index (χ2v) is 7.34. The number of amidine groups is 1. The van der Waals surface area contributed by atoms with Crippen LogP contribution < -0.4 is 15.4 Å². The summed E-state index contributed by atoms with van der Waals surface area (Å²) in [4.78, 5) is 18.3. The summed E-state index contributed by atoms with van der Waals surface area (Å²) in [6.45, 7) is 1.01. The number of likely N-dealkylation sites (N-methyl/N-ethyl adjacent to an activating group) is 1. The van der Waals surface area contributed by atoms with E-state index in [2.05, 4.69) is 4.98 Å². The van der Waals surface area contributed by atoms with Crippen molar-refractivity contribution in [2.75, 3.05) is 32.2 Å². The molecule has 1 atom stereocenters. The first-order valence-electron chi connectivity index (χ1n) is 8.86. The molecule has 1 heterocycles. The molecule has 152 valence electrons. The Balaban J connectivity index is 1.56. The summed E-state index contributed by atoms with van der Waals surface area (Å²) in [5.74, 6) is 0.204. The number of methoxy groups -OCH3 is 1. The number of nitrogens with zero attached hydrogens (tertiary/aromatic N) is 2. The van der Waals surface area contributed by atoms with Crippen molar-refractivity contribution in [3.8, 4) is 5.75 Å². The normalized spacial score (nSPS) is 11.8. The van der Waals surface area contributed by atoms with E-state index in [0.717, 1.165) is 22.9 Å². The third kappa shape index (κ3) is 5.20. The van der Waals surface area contributed by atoms with E-state index in [1.54, 1.807) is 24.3 Å². The van der Waals surface area contributed by atoms with E-state index in [1.165, 1.54) is 7.11 Å². The number of hydrogen-bond acceptors (Lipinski definition) is 8. The lowest BCUT2D eigenvalue weighted by atomic mass is 10.1. The Morgan fingerprint density at radius 2 is 2.00 bits per heavy atom. The van der Waals surface area contributed by atoms with Crippen molar-refractivity contribution in [2.24, 2.45) is 5.73 Å². The van der Waals surface area contributed by atoms with Gasteiger partial charge in [-0.2, -0.15) is 4.98 Å². The fraction of sp³-hybridized carbons (Fsp3) is 0.250.